The zero-order chi connectivity index (χ0) is 14.5. The van der Waals surface area contributed by atoms with Crippen LogP contribution in [0.1, 0.15) is 23.8 Å². The molecule has 0 spiro atoms. The number of rotatable bonds is 5. The zero-order valence-electron chi connectivity index (χ0n) is 11.1. The van der Waals surface area contributed by atoms with Crippen LogP contribution in [-0.2, 0) is 11.3 Å². The van der Waals surface area contributed by atoms with Gasteiger partial charge < -0.3 is 20.5 Å². The topological polar surface area (TPSA) is 118 Å². The smallest absolute Gasteiger partial charge is 0.358 e. The van der Waals surface area contributed by atoms with Crippen LogP contribution in [-0.4, -0.2) is 57.4 Å². The molecule has 3 N–H and O–H groups in total. The molecule has 0 aromatic carbocycles. The lowest BCUT2D eigenvalue weighted by atomic mass is 10.2. The first kappa shape index (κ1) is 14.3. The van der Waals surface area contributed by atoms with Crippen LogP contribution >= 0.6 is 0 Å². The Balaban J connectivity index is 1.69. The second-order valence-electron chi connectivity index (χ2n) is 4.54. The lowest BCUT2D eigenvalue weighted by Crippen LogP contribution is -2.45. The van der Waals surface area contributed by atoms with Gasteiger partial charge >= 0.3 is 12.0 Å². The van der Waals surface area contributed by atoms with Crippen LogP contribution in [0.15, 0.2) is 6.20 Å². The Hall–Kier alpha value is -2.16. The molecule has 0 aliphatic carbocycles. The number of aromatic nitrogens is 3. The molecule has 9 heteroatoms. The molecule has 1 saturated heterocycles. The van der Waals surface area contributed by atoms with Crippen LogP contribution in [0.5, 0.6) is 0 Å². The summed E-state index contributed by atoms with van der Waals surface area (Å²) in [6.45, 7) is 3.25. The van der Waals surface area contributed by atoms with E-state index in [0.717, 1.165) is 6.42 Å². The molecular weight excluding hydrogens is 266 g/mol. The summed E-state index contributed by atoms with van der Waals surface area (Å²) in [5, 5.41) is 21.3. The second-order valence-corrected chi connectivity index (χ2v) is 4.54. The Morgan fingerprint density at radius 3 is 3.00 bits per heavy atom. The fourth-order valence-electron chi connectivity index (χ4n) is 1.93. The Kier molecular flexibility index (Phi) is 4.51. The van der Waals surface area contributed by atoms with Gasteiger partial charge in [0.1, 0.15) is 0 Å². The number of hydrogen-bond donors (Lipinski definition) is 3. The van der Waals surface area contributed by atoms with Gasteiger partial charge in [-0.05, 0) is 13.3 Å². The van der Waals surface area contributed by atoms with Gasteiger partial charge in [0.2, 0.25) is 0 Å². The number of hydrogen-bond acceptors (Lipinski definition) is 5. The third-order valence-corrected chi connectivity index (χ3v) is 3.08. The molecule has 2 unspecified atom stereocenters. The number of carbonyl (C=O) groups is 2. The van der Waals surface area contributed by atoms with Gasteiger partial charge in [0.25, 0.3) is 0 Å². The summed E-state index contributed by atoms with van der Waals surface area (Å²) >= 11 is 0. The Morgan fingerprint density at radius 1 is 1.60 bits per heavy atom. The van der Waals surface area contributed by atoms with Crippen molar-refractivity contribution in [2.24, 2.45) is 0 Å². The molecule has 1 aromatic heterocycles. The van der Waals surface area contributed by atoms with Gasteiger partial charge in [-0.3, -0.25) is 0 Å². The Labute approximate surface area is 115 Å². The Bertz CT molecular complexity index is 489. The molecular formula is C11H17N5O4. The van der Waals surface area contributed by atoms with Crippen molar-refractivity contribution in [2.75, 3.05) is 13.2 Å². The summed E-state index contributed by atoms with van der Waals surface area (Å²) in [6.07, 6.45) is 2.14. The number of carboxylic acid groups (broad SMARTS) is 1. The number of amides is 2. The van der Waals surface area contributed by atoms with E-state index in [1.165, 1.54) is 10.9 Å². The molecule has 1 aliphatic heterocycles. The molecule has 9 nitrogen and oxygen atoms in total. The predicted molar refractivity (Wildman–Crippen MR) is 67.3 cm³/mol. The van der Waals surface area contributed by atoms with Crippen molar-refractivity contribution in [1.29, 1.82) is 0 Å². The highest BCUT2D eigenvalue weighted by Crippen LogP contribution is 2.11. The third kappa shape index (κ3) is 3.67. The van der Waals surface area contributed by atoms with Gasteiger partial charge in [0.05, 0.1) is 24.9 Å². The quantitative estimate of drug-likeness (QED) is 0.667. The third-order valence-electron chi connectivity index (χ3n) is 3.08. The summed E-state index contributed by atoms with van der Waals surface area (Å²) in [7, 11) is 0. The predicted octanol–water partition coefficient (Wildman–Crippen LogP) is -0.547. The summed E-state index contributed by atoms with van der Waals surface area (Å²) in [4.78, 5) is 22.2. The lowest BCUT2D eigenvalue weighted by molar-refractivity contribution is 0.0690. The van der Waals surface area contributed by atoms with Crippen molar-refractivity contribution < 1.29 is 19.4 Å². The standard InChI is InChI=1S/C11H17N5O4/c1-7-8(2-5-20-7)13-11(19)12-3-4-16-6-9(10(17)18)14-15-16/h6-8H,2-5H2,1H3,(H,17,18)(H2,12,13,19). The van der Waals surface area contributed by atoms with Crippen molar-refractivity contribution in [1.82, 2.24) is 25.6 Å². The average Bonchev–Trinajstić information content (AvgIpc) is 3.00. The van der Waals surface area contributed by atoms with E-state index in [4.69, 9.17) is 9.84 Å². The number of carbonyl (C=O) groups excluding carboxylic acids is 1. The van der Waals surface area contributed by atoms with E-state index in [-0.39, 0.29) is 23.9 Å². The minimum atomic E-state index is -1.13. The van der Waals surface area contributed by atoms with E-state index in [9.17, 15) is 9.59 Å². The molecule has 2 amide bonds. The van der Waals surface area contributed by atoms with Crippen LogP contribution < -0.4 is 10.6 Å². The van der Waals surface area contributed by atoms with Crippen LogP contribution in [0.25, 0.3) is 0 Å². The van der Waals surface area contributed by atoms with Gasteiger partial charge in [-0.2, -0.15) is 0 Å². The van der Waals surface area contributed by atoms with E-state index in [1.807, 2.05) is 6.92 Å². The highest BCUT2D eigenvalue weighted by molar-refractivity contribution is 5.84. The first-order chi connectivity index (χ1) is 9.56. The fourth-order valence-corrected chi connectivity index (χ4v) is 1.93. The minimum absolute atomic E-state index is 0.0224. The van der Waals surface area contributed by atoms with Crippen molar-refractivity contribution in [3.63, 3.8) is 0 Å². The lowest BCUT2D eigenvalue weighted by Gasteiger charge is -2.16. The first-order valence-corrected chi connectivity index (χ1v) is 6.35. The first-order valence-electron chi connectivity index (χ1n) is 6.35. The normalized spacial score (nSPS) is 21.6. The van der Waals surface area contributed by atoms with Gasteiger partial charge in [-0.1, -0.05) is 5.21 Å². The number of nitrogens with one attached hydrogen (secondary N) is 2. The van der Waals surface area contributed by atoms with Crippen molar-refractivity contribution in [2.45, 2.75) is 32.0 Å². The highest BCUT2D eigenvalue weighted by atomic mass is 16.5. The molecule has 1 aromatic rings. The van der Waals surface area contributed by atoms with Crippen molar-refractivity contribution in [3.05, 3.63) is 11.9 Å². The molecule has 2 rings (SSSR count). The maximum Gasteiger partial charge on any atom is 0.358 e. The molecule has 1 fully saturated rings. The maximum absolute atomic E-state index is 11.6. The summed E-state index contributed by atoms with van der Waals surface area (Å²) in [6, 6.07) is -0.245. The second kappa shape index (κ2) is 6.33. The van der Waals surface area contributed by atoms with Gasteiger partial charge in [-0.25, -0.2) is 14.3 Å². The van der Waals surface area contributed by atoms with Crippen LogP contribution in [0, 0.1) is 0 Å². The van der Waals surface area contributed by atoms with E-state index in [0.29, 0.717) is 19.7 Å². The number of aromatic carboxylic acids is 1. The minimum Gasteiger partial charge on any atom is -0.476 e. The highest BCUT2D eigenvalue weighted by Gasteiger charge is 2.25. The zero-order valence-corrected chi connectivity index (χ0v) is 11.1. The Morgan fingerprint density at radius 2 is 2.40 bits per heavy atom. The monoisotopic (exact) mass is 283 g/mol. The maximum atomic E-state index is 11.6. The summed E-state index contributed by atoms with van der Waals surface area (Å²) in [5.74, 6) is -1.13. The fraction of sp³-hybridized carbons (Fsp3) is 0.636. The van der Waals surface area contributed by atoms with Crippen LogP contribution in [0.2, 0.25) is 0 Å². The number of urea groups is 1. The van der Waals surface area contributed by atoms with Crippen molar-refractivity contribution in [3.8, 4) is 0 Å². The van der Waals surface area contributed by atoms with Crippen molar-refractivity contribution >= 4 is 12.0 Å². The van der Waals surface area contributed by atoms with E-state index in [1.54, 1.807) is 0 Å². The summed E-state index contributed by atoms with van der Waals surface area (Å²) < 4.78 is 6.71. The molecule has 0 radical (unpaired) electrons. The molecule has 2 heterocycles. The van der Waals surface area contributed by atoms with E-state index >= 15 is 0 Å². The van der Waals surface area contributed by atoms with Gasteiger partial charge in [0, 0.05) is 13.2 Å². The number of ether oxygens (including phenoxy) is 1. The van der Waals surface area contributed by atoms with Gasteiger partial charge in [0.15, 0.2) is 5.69 Å². The number of carboxylic acids is 1. The molecule has 1 aliphatic rings. The van der Waals surface area contributed by atoms with Crippen LogP contribution in [0.4, 0.5) is 4.79 Å². The molecule has 0 bridgehead atoms. The largest absolute Gasteiger partial charge is 0.476 e. The molecule has 2 atom stereocenters. The number of nitrogens with zero attached hydrogens (tertiary/aromatic N) is 3. The van der Waals surface area contributed by atoms with Gasteiger partial charge in [-0.15, -0.1) is 5.10 Å². The molecule has 20 heavy (non-hydrogen) atoms. The molecule has 110 valence electrons. The summed E-state index contributed by atoms with van der Waals surface area (Å²) in [5.41, 5.74) is -0.119. The SMILES string of the molecule is CC1OCCC1NC(=O)NCCn1cc(C(=O)O)nn1. The average molecular weight is 283 g/mol. The molecule has 0 saturated carbocycles. The van der Waals surface area contributed by atoms with E-state index < -0.39 is 5.97 Å². The van der Waals surface area contributed by atoms with Crippen LogP contribution in [0.3, 0.4) is 0 Å². The van der Waals surface area contributed by atoms with E-state index in [2.05, 4.69) is 20.9 Å².